The zero-order chi connectivity index (χ0) is 27.5. The molecule has 3 rings (SSSR count). The number of hydrogen-bond acceptors (Lipinski definition) is 4. The minimum Gasteiger partial charge on any atom is -0.485 e. The molecule has 11 heteroatoms. The summed E-state index contributed by atoms with van der Waals surface area (Å²) in [5.74, 6) is -1.57. The second-order valence-corrected chi connectivity index (χ2v) is 16.5. The Morgan fingerprint density at radius 3 is 2.43 bits per heavy atom. The maximum Gasteiger partial charge on any atom is 0.405 e. The van der Waals surface area contributed by atoms with Crippen molar-refractivity contribution in [3.8, 4) is 5.75 Å². The molecule has 0 fully saturated rings. The number of hydrogen-bond donors (Lipinski definition) is 3. The van der Waals surface area contributed by atoms with Crippen LogP contribution in [0.5, 0.6) is 5.75 Å². The van der Waals surface area contributed by atoms with E-state index in [1.54, 1.807) is 37.4 Å². The smallest absolute Gasteiger partial charge is 0.405 e. The molecular formula is C26H34F2N4O4Si. The lowest BCUT2D eigenvalue weighted by molar-refractivity contribution is 0.0930. The molecule has 0 bridgehead atoms. The Morgan fingerprint density at radius 2 is 1.84 bits per heavy atom. The molecule has 8 nitrogen and oxygen atoms in total. The standard InChI is InChI=1S/C26H34F2N4O4Si/c1-16-12-21(36-14-18-19(27)8-7-9-20(18)28)23-30-17(2)22(32(23)13-16)24(33)29-15-26(3,31-25(34)35)10-11-37(4,5)6/h7-9,12-13,31H,10-11,14-15H2,1-6H3,(H,29,33)(H,34,35). The average molecular weight is 533 g/mol. The summed E-state index contributed by atoms with van der Waals surface area (Å²) in [4.78, 5) is 29.2. The monoisotopic (exact) mass is 532 g/mol. The van der Waals surface area contributed by atoms with E-state index in [-0.39, 0.29) is 30.2 Å². The van der Waals surface area contributed by atoms with Crippen molar-refractivity contribution in [2.75, 3.05) is 6.54 Å². The Morgan fingerprint density at radius 1 is 1.19 bits per heavy atom. The summed E-state index contributed by atoms with van der Waals surface area (Å²) in [5.41, 5.74) is 0.727. The van der Waals surface area contributed by atoms with E-state index in [0.717, 1.165) is 23.7 Å². The summed E-state index contributed by atoms with van der Waals surface area (Å²) in [6.45, 7) is 11.6. The highest BCUT2D eigenvalue weighted by atomic mass is 28.3. The van der Waals surface area contributed by atoms with Crippen molar-refractivity contribution in [2.45, 2.75) is 65.0 Å². The van der Waals surface area contributed by atoms with Gasteiger partial charge in [0.15, 0.2) is 11.4 Å². The van der Waals surface area contributed by atoms with E-state index < -0.39 is 37.2 Å². The molecule has 2 amide bonds. The molecule has 2 heterocycles. The van der Waals surface area contributed by atoms with Crippen molar-refractivity contribution >= 4 is 25.7 Å². The first kappa shape index (κ1) is 28.1. The second kappa shape index (κ2) is 10.9. The number of carboxylic acid groups (broad SMARTS) is 1. The molecule has 37 heavy (non-hydrogen) atoms. The van der Waals surface area contributed by atoms with Crippen LogP contribution in [0.25, 0.3) is 5.65 Å². The third-order valence-corrected chi connectivity index (χ3v) is 7.87. The van der Waals surface area contributed by atoms with Gasteiger partial charge in [0, 0.05) is 20.8 Å². The summed E-state index contributed by atoms with van der Waals surface area (Å²) in [5, 5.41) is 14.8. The number of carbonyl (C=O) groups excluding carboxylic acids is 1. The summed E-state index contributed by atoms with van der Waals surface area (Å²) >= 11 is 0. The number of benzene rings is 1. The molecular weight excluding hydrogens is 498 g/mol. The Hall–Kier alpha value is -3.47. The van der Waals surface area contributed by atoms with Gasteiger partial charge in [0.05, 0.1) is 16.8 Å². The molecule has 0 aliphatic heterocycles. The lowest BCUT2D eigenvalue weighted by Gasteiger charge is -2.32. The van der Waals surface area contributed by atoms with E-state index in [2.05, 4.69) is 35.3 Å². The zero-order valence-electron chi connectivity index (χ0n) is 22.0. The van der Waals surface area contributed by atoms with E-state index in [9.17, 15) is 23.5 Å². The van der Waals surface area contributed by atoms with Crippen LogP contribution in [0.4, 0.5) is 13.6 Å². The number of aromatic nitrogens is 2. The number of nitrogens with zero attached hydrogens (tertiary/aromatic N) is 2. The fraction of sp³-hybridized carbons (Fsp3) is 0.423. The summed E-state index contributed by atoms with van der Waals surface area (Å²) < 4.78 is 35.5. The quantitative estimate of drug-likeness (QED) is 0.308. The van der Waals surface area contributed by atoms with E-state index >= 15 is 0 Å². The highest BCUT2D eigenvalue weighted by Crippen LogP contribution is 2.26. The fourth-order valence-corrected chi connectivity index (χ4v) is 5.32. The second-order valence-electron chi connectivity index (χ2n) is 10.8. The number of fused-ring (bicyclic) bond motifs is 1. The van der Waals surface area contributed by atoms with Crippen LogP contribution in [-0.2, 0) is 6.61 Å². The summed E-state index contributed by atoms with van der Waals surface area (Å²) in [7, 11) is -1.45. The molecule has 0 aliphatic carbocycles. The van der Waals surface area contributed by atoms with Crippen LogP contribution in [0.3, 0.4) is 0 Å². The number of pyridine rings is 1. The number of carbonyl (C=O) groups is 2. The molecule has 1 aromatic carbocycles. The predicted molar refractivity (Wildman–Crippen MR) is 140 cm³/mol. The largest absolute Gasteiger partial charge is 0.485 e. The van der Waals surface area contributed by atoms with Crippen LogP contribution < -0.4 is 15.4 Å². The van der Waals surface area contributed by atoms with Gasteiger partial charge in [0.2, 0.25) is 0 Å². The van der Waals surface area contributed by atoms with E-state index in [1.165, 1.54) is 6.07 Å². The molecule has 1 unspecified atom stereocenters. The van der Waals surface area contributed by atoms with Crippen molar-refractivity contribution in [3.63, 3.8) is 0 Å². The number of rotatable bonds is 10. The predicted octanol–water partition coefficient (Wildman–Crippen LogP) is 5.29. The van der Waals surface area contributed by atoms with Crippen molar-refractivity contribution < 1.29 is 28.2 Å². The first-order valence-electron chi connectivity index (χ1n) is 12.0. The van der Waals surface area contributed by atoms with Gasteiger partial charge in [-0.2, -0.15) is 0 Å². The van der Waals surface area contributed by atoms with E-state index in [4.69, 9.17) is 4.74 Å². The highest BCUT2D eigenvalue weighted by Gasteiger charge is 2.30. The third kappa shape index (κ3) is 7.06. The van der Waals surface area contributed by atoms with Crippen LogP contribution in [-0.4, -0.2) is 46.6 Å². The van der Waals surface area contributed by atoms with Crippen LogP contribution in [0.2, 0.25) is 25.7 Å². The maximum atomic E-state index is 14.1. The lowest BCUT2D eigenvalue weighted by Crippen LogP contribution is -2.54. The van der Waals surface area contributed by atoms with Crippen LogP contribution in [0.15, 0.2) is 30.5 Å². The number of ether oxygens (including phenoxy) is 1. The molecule has 3 aromatic rings. The number of halogens is 2. The SMILES string of the molecule is Cc1cc(OCc2c(F)cccc2F)c2nc(C)c(C(=O)NCC(C)(CC[Si](C)(C)C)NC(=O)O)n2c1. The number of amides is 2. The van der Waals surface area contributed by atoms with Gasteiger partial charge in [0.25, 0.3) is 5.91 Å². The van der Waals surface area contributed by atoms with Crippen LogP contribution in [0.1, 0.15) is 40.7 Å². The molecule has 0 radical (unpaired) electrons. The Balaban J connectivity index is 1.86. The molecule has 0 saturated carbocycles. The first-order valence-corrected chi connectivity index (χ1v) is 15.7. The van der Waals surface area contributed by atoms with Gasteiger partial charge in [-0.25, -0.2) is 18.6 Å². The molecule has 3 N–H and O–H groups in total. The zero-order valence-corrected chi connectivity index (χ0v) is 23.0. The van der Waals surface area contributed by atoms with E-state index in [0.29, 0.717) is 17.8 Å². The minimum absolute atomic E-state index is 0.0943. The maximum absolute atomic E-state index is 14.1. The van der Waals surface area contributed by atoms with Gasteiger partial charge in [-0.3, -0.25) is 9.20 Å². The molecule has 0 aliphatic rings. The molecule has 0 saturated heterocycles. The van der Waals surface area contributed by atoms with Crippen LogP contribution >= 0.6 is 0 Å². The molecule has 0 spiro atoms. The van der Waals surface area contributed by atoms with Crippen molar-refractivity contribution in [2.24, 2.45) is 0 Å². The van der Waals surface area contributed by atoms with Gasteiger partial charge in [-0.1, -0.05) is 31.8 Å². The van der Waals surface area contributed by atoms with Gasteiger partial charge in [-0.15, -0.1) is 0 Å². The van der Waals surface area contributed by atoms with Gasteiger partial charge in [-0.05, 0) is 51.0 Å². The van der Waals surface area contributed by atoms with Gasteiger partial charge in [0.1, 0.15) is 23.9 Å². The topological polar surface area (TPSA) is 105 Å². The molecule has 1 atom stereocenters. The highest BCUT2D eigenvalue weighted by molar-refractivity contribution is 6.76. The van der Waals surface area contributed by atoms with Crippen molar-refractivity contribution in [1.82, 2.24) is 20.0 Å². The number of nitrogens with one attached hydrogen (secondary N) is 2. The van der Waals surface area contributed by atoms with Crippen LogP contribution in [0, 0.1) is 25.5 Å². The van der Waals surface area contributed by atoms with Crippen molar-refractivity contribution in [1.29, 1.82) is 0 Å². The minimum atomic E-state index is -1.45. The normalized spacial score (nSPS) is 13.3. The Kier molecular flexibility index (Phi) is 8.26. The van der Waals surface area contributed by atoms with E-state index in [1.807, 2.05) is 0 Å². The lowest BCUT2D eigenvalue weighted by atomic mass is 9.99. The summed E-state index contributed by atoms with van der Waals surface area (Å²) in [6, 6.07) is 6.17. The molecule has 2 aromatic heterocycles. The van der Waals surface area contributed by atoms with Gasteiger partial charge >= 0.3 is 6.09 Å². The average Bonchev–Trinajstić information content (AvgIpc) is 3.10. The Bertz CT molecular complexity index is 1300. The number of imidazole rings is 1. The summed E-state index contributed by atoms with van der Waals surface area (Å²) in [6.07, 6.45) is 1.16. The first-order chi connectivity index (χ1) is 17.2. The third-order valence-electron chi connectivity index (χ3n) is 6.12. The number of aryl methyl sites for hydroxylation is 2. The van der Waals surface area contributed by atoms with Gasteiger partial charge < -0.3 is 20.5 Å². The van der Waals surface area contributed by atoms with Crippen molar-refractivity contribution in [3.05, 3.63) is 64.6 Å². The Labute approximate surface area is 216 Å². The fourth-order valence-electron chi connectivity index (χ4n) is 4.02. The molecule has 200 valence electrons.